The van der Waals surface area contributed by atoms with Crippen LogP contribution in [0.3, 0.4) is 0 Å². The Morgan fingerprint density at radius 2 is 1.70 bits per heavy atom. The Hall–Kier alpha value is -2.62. The van der Waals surface area contributed by atoms with Crippen molar-refractivity contribution < 1.29 is 27.4 Å². The first kappa shape index (κ1) is 22.1. The van der Waals surface area contributed by atoms with Crippen LogP contribution in [0.1, 0.15) is 5.56 Å². The second-order valence-electron chi connectivity index (χ2n) is 6.77. The standard InChI is InChI=1S/C21H26N2O6S/c1-27-19-9-8-18(14-20(19)28-2)30(25,26)23(15-17-6-4-3-5-7-17)16-21(24)22-10-12-29-13-11-22/h3-9,14H,10-13,15-16H2,1-2H3. The molecule has 30 heavy (non-hydrogen) atoms. The molecule has 3 rings (SSSR count). The van der Waals surface area contributed by atoms with E-state index in [2.05, 4.69) is 0 Å². The van der Waals surface area contributed by atoms with Gasteiger partial charge in [0.2, 0.25) is 15.9 Å². The Morgan fingerprint density at radius 3 is 2.33 bits per heavy atom. The van der Waals surface area contributed by atoms with Crippen LogP contribution in [0.15, 0.2) is 53.4 Å². The van der Waals surface area contributed by atoms with Crippen LogP contribution >= 0.6 is 0 Å². The van der Waals surface area contributed by atoms with Gasteiger partial charge in [-0.05, 0) is 17.7 Å². The third-order valence-corrected chi connectivity index (χ3v) is 6.66. The summed E-state index contributed by atoms with van der Waals surface area (Å²) in [6.07, 6.45) is 0. The van der Waals surface area contributed by atoms with E-state index in [1.54, 1.807) is 4.90 Å². The third-order valence-electron chi connectivity index (χ3n) is 4.87. The molecule has 1 aliphatic rings. The quantitative estimate of drug-likeness (QED) is 0.629. The summed E-state index contributed by atoms with van der Waals surface area (Å²) in [6, 6.07) is 13.6. The molecule has 0 spiro atoms. The normalized spacial score (nSPS) is 14.6. The van der Waals surface area contributed by atoms with Crippen molar-refractivity contribution in [3.05, 3.63) is 54.1 Å². The van der Waals surface area contributed by atoms with Gasteiger partial charge in [-0.3, -0.25) is 4.79 Å². The number of nitrogens with zero attached hydrogens (tertiary/aromatic N) is 2. The van der Waals surface area contributed by atoms with E-state index in [-0.39, 0.29) is 23.9 Å². The summed E-state index contributed by atoms with van der Waals surface area (Å²) in [7, 11) is -1.05. The highest BCUT2D eigenvalue weighted by atomic mass is 32.2. The molecule has 0 N–H and O–H groups in total. The minimum atomic E-state index is -3.97. The number of morpholine rings is 1. The van der Waals surface area contributed by atoms with Crippen LogP contribution in [-0.4, -0.2) is 70.6 Å². The lowest BCUT2D eigenvalue weighted by Crippen LogP contribution is -2.46. The molecule has 0 saturated carbocycles. The van der Waals surface area contributed by atoms with Crippen molar-refractivity contribution in [3.63, 3.8) is 0 Å². The van der Waals surface area contributed by atoms with E-state index in [9.17, 15) is 13.2 Å². The van der Waals surface area contributed by atoms with Gasteiger partial charge in [0.15, 0.2) is 11.5 Å². The zero-order valence-corrected chi connectivity index (χ0v) is 17.9. The number of benzene rings is 2. The van der Waals surface area contributed by atoms with Gasteiger partial charge >= 0.3 is 0 Å². The lowest BCUT2D eigenvalue weighted by molar-refractivity contribution is -0.135. The van der Waals surface area contributed by atoms with Crippen LogP contribution in [0.4, 0.5) is 0 Å². The Balaban J connectivity index is 1.92. The zero-order valence-electron chi connectivity index (χ0n) is 17.1. The number of carbonyl (C=O) groups is 1. The van der Waals surface area contributed by atoms with E-state index in [1.807, 2.05) is 30.3 Å². The average Bonchev–Trinajstić information content (AvgIpc) is 2.79. The van der Waals surface area contributed by atoms with Crippen LogP contribution in [0.25, 0.3) is 0 Å². The van der Waals surface area contributed by atoms with Crippen molar-refractivity contribution in [3.8, 4) is 11.5 Å². The van der Waals surface area contributed by atoms with E-state index in [4.69, 9.17) is 14.2 Å². The number of methoxy groups -OCH3 is 2. The third kappa shape index (κ3) is 5.10. The molecular weight excluding hydrogens is 408 g/mol. The fourth-order valence-corrected chi connectivity index (χ4v) is 4.60. The summed E-state index contributed by atoms with van der Waals surface area (Å²) in [5.41, 5.74) is 0.788. The van der Waals surface area contributed by atoms with Crippen molar-refractivity contribution in [2.45, 2.75) is 11.4 Å². The molecule has 0 radical (unpaired) electrons. The topological polar surface area (TPSA) is 85.4 Å². The van der Waals surface area contributed by atoms with Gasteiger partial charge in [-0.25, -0.2) is 8.42 Å². The summed E-state index contributed by atoms with van der Waals surface area (Å²) in [6.45, 7) is 1.63. The van der Waals surface area contributed by atoms with Crippen LogP contribution in [0.5, 0.6) is 11.5 Å². The number of ether oxygens (including phenoxy) is 3. The Kier molecular flexibility index (Phi) is 7.30. The number of hydrogen-bond donors (Lipinski definition) is 0. The largest absolute Gasteiger partial charge is 0.493 e. The van der Waals surface area contributed by atoms with E-state index in [0.717, 1.165) is 5.56 Å². The molecule has 8 nitrogen and oxygen atoms in total. The predicted molar refractivity (Wildman–Crippen MR) is 111 cm³/mol. The molecule has 1 amide bonds. The Morgan fingerprint density at radius 1 is 1.03 bits per heavy atom. The van der Waals surface area contributed by atoms with Gasteiger partial charge in [0, 0.05) is 25.7 Å². The molecule has 9 heteroatoms. The van der Waals surface area contributed by atoms with Gasteiger partial charge in [0.25, 0.3) is 0 Å². The molecule has 0 aliphatic carbocycles. The molecule has 1 aliphatic heterocycles. The highest BCUT2D eigenvalue weighted by molar-refractivity contribution is 7.89. The van der Waals surface area contributed by atoms with Crippen LogP contribution in [0.2, 0.25) is 0 Å². The first-order valence-electron chi connectivity index (χ1n) is 9.57. The fraction of sp³-hybridized carbons (Fsp3) is 0.381. The zero-order chi connectivity index (χ0) is 21.6. The Labute approximate surface area is 177 Å². The molecule has 1 fully saturated rings. The van der Waals surface area contributed by atoms with E-state index < -0.39 is 10.0 Å². The monoisotopic (exact) mass is 434 g/mol. The van der Waals surface area contributed by atoms with Gasteiger partial charge in [-0.1, -0.05) is 30.3 Å². The molecule has 2 aromatic carbocycles. The number of hydrogen-bond acceptors (Lipinski definition) is 6. The summed E-state index contributed by atoms with van der Waals surface area (Å²) in [5.74, 6) is 0.478. The number of carbonyl (C=O) groups excluding carboxylic acids is 1. The average molecular weight is 435 g/mol. The van der Waals surface area contributed by atoms with Crippen molar-refractivity contribution in [2.75, 3.05) is 47.1 Å². The summed E-state index contributed by atoms with van der Waals surface area (Å²) >= 11 is 0. The lowest BCUT2D eigenvalue weighted by Gasteiger charge is -2.30. The van der Waals surface area contributed by atoms with Crippen LogP contribution < -0.4 is 9.47 Å². The molecule has 0 aromatic heterocycles. The van der Waals surface area contributed by atoms with Crippen molar-refractivity contribution in [2.24, 2.45) is 0 Å². The summed E-state index contributed by atoms with van der Waals surface area (Å²) in [4.78, 5) is 14.5. The maximum atomic E-state index is 13.5. The maximum Gasteiger partial charge on any atom is 0.243 e. The highest BCUT2D eigenvalue weighted by Gasteiger charge is 2.30. The van der Waals surface area contributed by atoms with Crippen molar-refractivity contribution >= 4 is 15.9 Å². The summed E-state index contributed by atoms with van der Waals surface area (Å²) < 4.78 is 43.8. The van der Waals surface area contributed by atoms with E-state index in [1.165, 1.54) is 36.7 Å². The number of rotatable bonds is 8. The van der Waals surface area contributed by atoms with Crippen LogP contribution in [-0.2, 0) is 26.1 Å². The molecule has 1 heterocycles. The minimum Gasteiger partial charge on any atom is -0.493 e. The minimum absolute atomic E-state index is 0.0332. The summed E-state index contributed by atoms with van der Waals surface area (Å²) in [5, 5.41) is 0. The molecule has 0 bridgehead atoms. The molecule has 1 saturated heterocycles. The van der Waals surface area contributed by atoms with Gasteiger partial charge in [-0.2, -0.15) is 4.31 Å². The van der Waals surface area contributed by atoms with E-state index >= 15 is 0 Å². The van der Waals surface area contributed by atoms with Crippen molar-refractivity contribution in [1.82, 2.24) is 9.21 Å². The van der Waals surface area contributed by atoms with Gasteiger partial charge in [-0.15, -0.1) is 0 Å². The fourth-order valence-electron chi connectivity index (χ4n) is 3.20. The molecule has 2 aromatic rings. The molecule has 0 atom stereocenters. The second kappa shape index (κ2) is 9.92. The van der Waals surface area contributed by atoms with Gasteiger partial charge in [0.1, 0.15) is 0 Å². The molecule has 162 valence electrons. The first-order valence-corrected chi connectivity index (χ1v) is 11.0. The van der Waals surface area contributed by atoms with Gasteiger partial charge in [0.05, 0.1) is 38.9 Å². The predicted octanol–water partition coefficient (Wildman–Crippen LogP) is 1.75. The highest BCUT2D eigenvalue weighted by Crippen LogP contribution is 2.31. The van der Waals surface area contributed by atoms with Crippen molar-refractivity contribution in [1.29, 1.82) is 0 Å². The molecule has 0 unspecified atom stereocenters. The first-order chi connectivity index (χ1) is 14.5. The second-order valence-corrected chi connectivity index (χ2v) is 8.71. The van der Waals surface area contributed by atoms with Crippen LogP contribution in [0, 0.1) is 0 Å². The van der Waals surface area contributed by atoms with Gasteiger partial charge < -0.3 is 19.1 Å². The smallest absolute Gasteiger partial charge is 0.243 e. The Bertz CT molecular complexity index is 959. The number of amides is 1. The lowest BCUT2D eigenvalue weighted by atomic mass is 10.2. The maximum absolute atomic E-state index is 13.5. The molecular formula is C21H26N2O6S. The van der Waals surface area contributed by atoms with E-state index in [0.29, 0.717) is 37.8 Å². The number of sulfonamides is 1. The SMILES string of the molecule is COc1ccc(S(=O)(=O)N(CC(=O)N2CCOCC2)Cc2ccccc2)cc1OC.